The lowest BCUT2D eigenvalue weighted by Crippen LogP contribution is -2.34. The molecule has 2 aliphatic rings. The highest BCUT2D eigenvalue weighted by molar-refractivity contribution is 7.89. The van der Waals surface area contributed by atoms with Crippen LogP contribution in [0.3, 0.4) is 0 Å². The third kappa shape index (κ3) is 3.37. The number of hydrogen-bond acceptors (Lipinski definition) is 7. The average molecular weight is 340 g/mol. The van der Waals surface area contributed by atoms with E-state index in [9.17, 15) is 13.2 Å². The minimum absolute atomic E-state index is 0.0411. The number of rotatable bonds is 3. The van der Waals surface area contributed by atoms with E-state index in [1.807, 2.05) is 0 Å². The van der Waals surface area contributed by atoms with Crippen LogP contribution >= 0.6 is 0 Å². The molecule has 126 valence electrons. The van der Waals surface area contributed by atoms with Crippen LogP contribution < -0.4 is 20.7 Å². The first kappa shape index (κ1) is 15.9. The van der Waals surface area contributed by atoms with E-state index in [2.05, 4.69) is 14.9 Å². The van der Waals surface area contributed by atoms with Crippen molar-refractivity contribution in [1.29, 1.82) is 0 Å². The van der Waals surface area contributed by atoms with Gasteiger partial charge in [0, 0.05) is 32.1 Å². The fourth-order valence-corrected chi connectivity index (χ4v) is 3.67. The largest absolute Gasteiger partial charge is 0.383 e. The van der Waals surface area contributed by atoms with Crippen LogP contribution in [0.5, 0.6) is 0 Å². The van der Waals surface area contributed by atoms with Gasteiger partial charge in [0.05, 0.1) is 0 Å². The summed E-state index contributed by atoms with van der Waals surface area (Å²) in [7, 11) is -3.78. The summed E-state index contributed by atoms with van der Waals surface area (Å²) < 4.78 is 22.9. The van der Waals surface area contributed by atoms with Gasteiger partial charge in [-0.15, -0.1) is 0 Å². The number of primary sulfonamides is 1. The van der Waals surface area contributed by atoms with E-state index in [0.29, 0.717) is 5.82 Å². The number of carbonyl (C=O) groups is 1. The molecule has 2 aliphatic heterocycles. The zero-order valence-corrected chi connectivity index (χ0v) is 13.5. The Morgan fingerprint density at radius 3 is 2.48 bits per heavy atom. The molecule has 1 aromatic rings. The molecule has 4 N–H and O–H groups in total. The number of aromatic nitrogens is 2. The Morgan fingerprint density at radius 1 is 1.17 bits per heavy atom. The molecule has 1 amide bonds. The molecular formula is C13H20N6O3S. The number of piperidine rings is 1. The molecule has 23 heavy (non-hydrogen) atoms. The molecule has 9 nitrogen and oxygen atoms in total. The van der Waals surface area contributed by atoms with Crippen LogP contribution in [0.15, 0.2) is 6.07 Å². The first-order chi connectivity index (χ1) is 10.8. The Bertz CT molecular complexity index is 716. The first-order valence-electron chi connectivity index (χ1n) is 7.56. The lowest BCUT2D eigenvalue weighted by molar-refractivity contribution is -0.117. The second-order valence-corrected chi connectivity index (χ2v) is 7.76. The van der Waals surface area contributed by atoms with Crippen LogP contribution in [0.2, 0.25) is 0 Å². The van der Waals surface area contributed by atoms with Crippen molar-refractivity contribution >= 4 is 33.5 Å². The Kier molecular flexibility index (Phi) is 4.11. The average Bonchev–Trinajstić information content (AvgIpc) is 2.90. The summed E-state index contributed by atoms with van der Waals surface area (Å²) in [5.74, 6) is 0.697. The van der Waals surface area contributed by atoms with Crippen molar-refractivity contribution in [2.75, 3.05) is 35.2 Å². The van der Waals surface area contributed by atoms with Gasteiger partial charge in [0.25, 0.3) is 0 Å². The summed E-state index contributed by atoms with van der Waals surface area (Å²) >= 11 is 0. The molecule has 0 spiro atoms. The van der Waals surface area contributed by atoms with Crippen molar-refractivity contribution in [3.8, 4) is 0 Å². The van der Waals surface area contributed by atoms with Gasteiger partial charge >= 0.3 is 0 Å². The molecule has 0 saturated carbocycles. The zero-order chi connectivity index (χ0) is 16.6. The number of sulfonamides is 1. The highest BCUT2D eigenvalue weighted by Gasteiger charge is 2.38. The fourth-order valence-electron chi connectivity index (χ4n) is 2.93. The maximum absolute atomic E-state index is 12.1. The molecule has 0 aliphatic carbocycles. The van der Waals surface area contributed by atoms with Crippen molar-refractivity contribution in [3.63, 3.8) is 0 Å². The van der Waals surface area contributed by atoms with Crippen molar-refractivity contribution in [3.05, 3.63) is 6.07 Å². The van der Waals surface area contributed by atoms with Crippen LogP contribution in [0.25, 0.3) is 0 Å². The van der Waals surface area contributed by atoms with E-state index in [1.165, 1.54) is 11.3 Å². The van der Waals surface area contributed by atoms with Gasteiger partial charge in [-0.3, -0.25) is 9.69 Å². The maximum Gasteiger partial charge on any atom is 0.236 e. The number of nitrogens with two attached hydrogens (primary N) is 2. The summed E-state index contributed by atoms with van der Waals surface area (Å²) in [6, 6.07) is 1.67. The van der Waals surface area contributed by atoms with E-state index in [0.717, 1.165) is 25.9 Å². The van der Waals surface area contributed by atoms with Gasteiger partial charge < -0.3 is 10.6 Å². The van der Waals surface area contributed by atoms with E-state index in [4.69, 9.17) is 10.9 Å². The molecule has 0 aromatic carbocycles. The number of hydrogen-bond donors (Lipinski definition) is 2. The lowest BCUT2D eigenvalue weighted by atomic mass is 10.1. The minimum atomic E-state index is -3.78. The minimum Gasteiger partial charge on any atom is -0.383 e. The van der Waals surface area contributed by atoms with Crippen molar-refractivity contribution < 1.29 is 13.2 Å². The van der Waals surface area contributed by atoms with Crippen molar-refractivity contribution in [1.82, 2.24) is 9.97 Å². The van der Waals surface area contributed by atoms with Gasteiger partial charge in [0.15, 0.2) is 0 Å². The highest BCUT2D eigenvalue weighted by Crippen LogP contribution is 2.26. The second-order valence-electron chi connectivity index (χ2n) is 5.92. The summed E-state index contributed by atoms with van der Waals surface area (Å²) in [4.78, 5) is 23.9. The normalized spacial score (nSPS) is 22.7. The molecule has 3 rings (SSSR count). The van der Waals surface area contributed by atoms with Gasteiger partial charge in [-0.2, -0.15) is 9.97 Å². The van der Waals surface area contributed by atoms with Gasteiger partial charge in [-0.1, -0.05) is 0 Å². The molecule has 1 atom stereocenters. The number of carbonyl (C=O) groups excluding carboxylic acids is 1. The van der Waals surface area contributed by atoms with Gasteiger partial charge in [-0.25, -0.2) is 13.6 Å². The topological polar surface area (TPSA) is 136 Å². The van der Waals surface area contributed by atoms with Crippen LogP contribution in [-0.2, 0) is 14.8 Å². The third-order valence-corrected chi connectivity index (χ3v) is 5.44. The lowest BCUT2D eigenvalue weighted by Gasteiger charge is -2.28. The SMILES string of the molecule is Nc1cc(N2CCCCC2)nc(N2CC(S(N)(=O)=O)CC2=O)n1. The van der Waals surface area contributed by atoms with Gasteiger partial charge in [0.2, 0.25) is 21.9 Å². The highest BCUT2D eigenvalue weighted by atomic mass is 32.2. The van der Waals surface area contributed by atoms with Crippen molar-refractivity contribution in [2.45, 2.75) is 30.9 Å². The molecule has 2 saturated heterocycles. The molecule has 0 radical (unpaired) electrons. The van der Waals surface area contributed by atoms with E-state index in [-0.39, 0.29) is 30.6 Å². The van der Waals surface area contributed by atoms with E-state index >= 15 is 0 Å². The van der Waals surface area contributed by atoms with Gasteiger partial charge in [-0.05, 0) is 19.3 Å². The summed E-state index contributed by atoms with van der Waals surface area (Å²) in [6.07, 6.45) is 3.19. The fraction of sp³-hybridized carbons (Fsp3) is 0.615. The molecule has 10 heteroatoms. The Balaban J connectivity index is 1.88. The van der Waals surface area contributed by atoms with E-state index < -0.39 is 15.3 Å². The predicted octanol–water partition coefficient (Wildman–Crippen LogP) is -0.557. The Hall–Kier alpha value is -1.94. The summed E-state index contributed by atoms with van der Waals surface area (Å²) in [5.41, 5.74) is 5.84. The van der Waals surface area contributed by atoms with Crippen molar-refractivity contribution in [2.24, 2.45) is 5.14 Å². The maximum atomic E-state index is 12.1. The summed E-state index contributed by atoms with van der Waals surface area (Å²) in [6.45, 7) is 1.72. The summed E-state index contributed by atoms with van der Waals surface area (Å²) in [5, 5.41) is 4.21. The van der Waals surface area contributed by atoms with Gasteiger partial charge in [0.1, 0.15) is 16.9 Å². The standard InChI is InChI=1S/C13H20N6O3S/c14-10-7-11(18-4-2-1-3-5-18)17-13(16-10)19-8-9(6-12(19)20)23(15,21)22/h7,9H,1-6,8H2,(H2,14,16,17)(H2,15,21,22). The van der Waals surface area contributed by atoms with Crippen LogP contribution in [0, 0.1) is 0 Å². The van der Waals surface area contributed by atoms with Crippen LogP contribution in [0.1, 0.15) is 25.7 Å². The molecule has 2 fully saturated rings. The smallest absolute Gasteiger partial charge is 0.236 e. The van der Waals surface area contributed by atoms with E-state index in [1.54, 1.807) is 6.07 Å². The number of amides is 1. The number of anilines is 3. The quantitative estimate of drug-likeness (QED) is 0.753. The molecule has 1 unspecified atom stereocenters. The van der Waals surface area contributed by atoms with Crippen LogP contribution in [-0.4, -0.2) is 49.2 Å². The zero-order valence-electron chi connectivity index (χ0n) is 12.7. The number of nitrogens with zero attached hydrogens (tertiary/aromatic N) is 4. The monoisotopic (exact) mass is 340 g/mol. The molecule has 1 aromatic heterocycles. The second kappa shape index (κ2) is 5.93. The van der Waals surface area contributed by atoms with Crippen LogP contribution in [0.4, 0.5) is 17.6 Å². The molecule has 3 heterocycles. The molecule has 0 bridgehead atoms. The Morgan fingerprint density at radius 2 is 1.87 bits per heavy atom. The Labute approximate surface area is 134 Å². The number of nitrogen functional groups attached to an aromatic ring is 1. The predicted molar refractivity (Wildman–Crippen MR) is 86.4 cm³/mol. The first-order valence-corrected chi connectivity index (χ1v) is 9.17. The molecular weight excluding hydrogens is 320 g/mol. The third-order valence-electron chi connectivity index (χ3n) is 4.20.